The van der Waals surface area contributed by atoms with Crippen molar-refractivity contribution in [1.82, 2.24) is 9.59 Å². The summed E-state index contributed by atoms with van der Waals surface area (Å²) in [6, 6.07) is 7.44. The van der Waals surface area contributed by atoms with Crippen LogP contribution < -0.4 is 5.32 Å². The van der Waals surface area contributed by atoms with Crippen LogP contribution in [0.5, 0.6) is 0 Å². The van der Waals surface area contributed by atoms with E-state index in [9.17, 15) is 9.59 Å². The second kappa shape index (κ2) is 6.19. The molecule has 2 rings (SSSR count). The van der Waals surface area contributed by atoms with E-state index >= 15 is 0 Å². The van der Waals surface area contributed by atoms with Gasteiger partial charge in [0.1, 0.15) is 5.78 Å². The lowest BCUT2D eigenvalue weighted by Crippen LogP contribution is -2.12. The lowest BCUT2D eigenvalue weighted by atomic mass is 10.2. The normalized spacial score (nSPS) is 10.2. The van der Waals surface area contributed by atoms with Crippen LogP contribution in [0.3, 0.4) is 0 Å². The van der Waals surface area contributed by atoms with E-state index < -0.39 is 0 Å². The topological polar surface area (TPSA) is 72.0 Å². The van der Waals surface area contributed by atoms with Crippen molar-refractivity contribution >= 4 is 28.9 Å². The summed E-state index contributed by atoms with van der Waals surface area (Å²) >= 11 is 1.32. The Labute approximate surface area is 114 Å². The summed E-state index contributed by atoms with van der Waals surface area (Å²) in [5.74, 6) is -0.134. The third-order valence-corrected chi connectivity index (χ3v) is 3.23. The van der Waals surface area contributed by atoms with Crippen LogP contribution in [0, 0.1) is 0 Å². The number of ketones is 1. The molecule has 1 aromatic heterocycles. The van der Waals surface area contributed by atoms with Crippen molar-refractivity contribution in [1.29, 1.82) is 0 Å². The number of amides is 1. The standard InChI is InChI=1S/C13H13N3O2S/c1-9(17)2-7-13(18)15-11-5-3-10(4-6-11)12-8-14-16-19-12/h3-6,8H,2,7H2,1H3,(H,15,18). The molecule has 0 unspecified atom stereocenters. The van der Waals surface area contributed by atoms with Crippen molar-refractivity contribution in [2.24, 2.45) is 0 Å². The summed E-state index contributed by atoms with van der Waals surface area (Å²) < 4.78 is 3.80. The van der Waals surface area contributed by atoms with E-state index in [-0.39, 0.29) is 24.5 Å². The van der Waals surface area contributed by atoms with Gasteiger partial charge < -0.3 is 10.1 Å². The molecule has 1 aromatic carbocycles. The Morgan fingerprint density at radius 2 is 1.95 bits per heavy atom. The third-order valence-electron chi connectivity index (χ3n) is 2.52. The average Bonchev–Trinajstić information content (AvgIpc) is 2.91. The summed E-state index contributed by atoms with van der Waals surface area (Å²) in [7, 11) is 0. The molecule has 0 saturated heterocycles. The van der Waals surface area contributed by atoms with Gasteiger partial charge in [-0.25, -0.2) is 0 Å². The van der Waals surface area contributed by atoms with Crippen LogP contribution in [0.1, 0.15) is 19.8 Å². The lowest BCUT2D eigenvalue weighted by molar-refractivity contribution is -0.121. The molecule has 1 amide bonds. The number of hydrogen-bond donors (Lipinski definition) is 1. The molecule has 0 aliphatic rings. The van der Waals surface area contributed by atoms with E-state index in [1.165, 1.54) is 18.5 Å². The van der Waals surface area contributed by atoms with Gasteiger partial charge in [-0.05, 0) is 36.2 Å². The molecular formula is C13H13N3O2S. The summed E-state index contributed by atoms with van der Waals surface area (Å²) in [5, 5.41) is 6.53. The molecule has 5 nitrogen and oxygen atoms in total. The number of nitrogens with one attached hydrogen (secondary N) is 1. The van der Waals surface area contributed by atoms with Crippen molar-refractivity contribution in [3.63, 3.8) is 0 Å². The molecule has 0 saturated carbocycles. The number of aromatic nitrogens is 2. The first kappa shape index (κ1) is 13.4. The predicted octanol–water partition coefficient (Wildman–Crippen LogP) is 2.51. The Balaban J connectivity index is 1.95. The molecule has 0 radical (unpaired) electrons. The summed E-state index contributed by atoms with van der Waals surface area (Å²) in [4.78, 5) is 23.3. The van der Waals surface area contributed by atoms with Gasteiger partial charge in [0.25, 0.3) is 0 Å². The van der Waals surface area contributed by atoms with Crippen molar-refractivity contribution < 1.29 is 9.59 Å². The summed E-state index contributed by atoms with van der Waals surface area (Å²) in [5.41, 5.74) is 1.73. The van der Waals surface area contributed by atoms with E-state index in [2.05, 4.69) is 14.9 Å². The molecule has 2 aromatic rings. The predicted molar refractivity (Wildman–Crippen MR) is 73.9 cm³/mol. The molecule has 6 heteroatoms. The van der Waals surface area contributed by atoms with Crippen molar-refractivity contribution in [2.45, 2.75) is 19.8 Å². The molecule has 0 spiro atoms. The molecule has 0 aliphatic carbocycles. The highest BCUT2D eigenvalue weighted by atomic mass is 32.1. The van der Waals surface area contributed by atoms with Crippen LogP contribution in [-0.4, -0.2) is 21.3 Å². The highest BCUT2D eigenvalue weighted by Gasteiger charge is 2.05. The van der Waals surface area contributed by atoms with Gasteiger partial charge in [-0.3, -0.25) is 4.79 Å². The Kier molecular flexibility index (Phi) is 4.35. The Bertz CT molecular complexity index is 564. The first-order valence-corrected chi connectivity index (χ1v) is 6.59. The Morgan fingerprint density at radius 3 is 2.53 bits per heavy atom. The maximum Gasteiger partial charge on any atom is 0.224 e. The zero-order valence-corrected chi connectivity index (χ0v) is 11.2. The molecule has 1 N–H and O–H groups in total. The molecule has 0 atom stereocenters. The highest BCUT2D eigenvalue weighted by Crippen LogP contribution is 2.23. The number of anilines is 1. The fourth-order valence-electron chi connectivity index (χ4n) is 1.53. The highest BCUT2D eigenvalue weighted by molar-refractivity contribution is 7.09. The molecule has 0 aliphatic heterocycles. The molecular weight excluding hydrogens is 262 g/mol. The van der Waals surface area contributed by atoms with E-state index in [0.29, 0.717) is 0 Å². The molecule has 98 valence electrons. The van der Waals surface area contributed by atoms with Crippen molar-refractivity contribution in [2.75, 3.05) is 5.32 Å². The van der Waals surface area contributed by atoms with Gasteiger partial charge in [-0.2, -0.15) is 0 Å². The number of benzene rings is 1. The van der Waals surface area contributed by atoms with Gasteiger partial charge >= 0.3 is 0 Å². The first-order valence-electron chi connectivity index (χ1n) is 5.82. The van der Waals surface area contributed by atoms with Crippen LogP contribution in [0.4, 0.5) is 5.69 Å². The molecule has 19 heavy (non-hydrogen) atoms. The Hall–Kier alpha value is -2.08. The maximum atomic E-state index is 11.5. The minimum atomic E-state index is -0.151. The largest absolute Gasteiger partial charge is 0.326 e. The number of carbonyl (C=O) groups excluding carboxylic acids is 2. The van der Waals surface area contributed by atoms with E-state index in [1.54, 1.807) is 6.20 Å². The molecule has 0 fully saturated rings. The van der Waals surface area contributed by atoms with Crippen LogP contribution in [0.25, 0.3) is 10.4 Å². The second-order valence-electron chi connectivity index (χ2n) is 4.11. The van der Waals surface area contributed by atoms with E-state index in [1.807, 2.05) is 24.3 Å². The third kappa shape index (κ3) is 3.96. The van der Waals surface area contributed by atoms with Gasteiger partial charge in [0, 0.05) is 18.5 Å². The SMILES string of the molecule is CC(=O)CCC(=O)Nc1ccc(-c2cnns2)cc1. The van der Waals surface area contributed by atoms with Crippen LogP contribution in [-0.2, 0) is 9.59 Å². The smallest absolute Gasteiger partial charge is 0.224 e. The molecule has 0 bridgehead atoms. The Morgan fingerprint density at radius 1 is 1.21 bits per heavy atom. The minimum Gasteiger partial charge on any atom is -0.326 e. The quantitative estimate of drug-likeness (QED) is 0.910. The van der Waals surface area contributed by atoms with Crippen LogP contribution >= 0.6 is 11.5 Å². The van der Waals surface area contributed by atoms with Gasteiger partial charge in [-0.1, -0.05) is 16.6 Å². The average molecular weight is 275 g/mol. The van der Waals surface area contributed by atoms with E-state index in [0.717, 1.165) is 16.1 Å². The fourth-order valence-corrected chi connectivity index (χ4v) is 2.04. The number of Topliss-reactive ketones (excluding diaryl/α,β-unsaturated/α-hetero) is 1. The van der Waals surface area contributed by atoms with Gasteiger partial charge in [0.05, 0.1) is 11.1 Å². The number of carbonyl (C=O) groups is 2. The van der Waals surface area contributed by atoms with Gasteiger partial charge in [0.15, 0.2) is 0 Å². The number of rotatable bonds is 5. The summed E-state index contributed by atoms with van der Waals surface area (Å²) in [6.07, 6.45) is 2.19. The van der Waals surface area contributed by atoms with E-state index in [4.69, 9.17) is 0 Å². The molecule has 1 heterocycles. The van der Waals surface area contributed by atoms with Crippen molar-refractivity contribution in [3.05, 3.63) is 30.5 Å². The summed E-state index contributed by atoms with van der Waals surface area (Å²) in [6.45, 7) is 1.48. The van der Waals surface area contributed by atoms with Gasteiger partial charge in [-0.15, -0.1) is 5.10 Å². The van der Waals surface area contributed by atoms with Crippen LogP contribution in [0.15, 0.2) is 30.5 Å². The van der Waals surface area contributed by atoms with Gasteiger partial charge in [0.2, 0.25) is 5.91 Å². The van der Waals surface area contributed by atoms with Crippen LogP contribution in [0.2, 0.25) is 0 Å². The fraction of sp³-hybridized carbons (Fsp3) is 0.231. The first-order chi connectivity index (χ1) is 9.15. The monoisotopic (exact) mass is 275 g/mol. The maximum absolute atomic E-state index is 11.5. The zero-order chi connectivity index (χ0) is 13.7. The lowest BCUT2D eigenvalue weighted by Gasteiger charge is -2.05. The zero-order valence-electron chi connectivity index (χ0n) is 10.4. The second-order valence-corrected chi connectivity index (χ2v) is 4.89. The number of nitrogens with zero attached hydrogens (tertiary/aromatic N) is 2. The van der Waals surface area contributed by atoms with Crippen molar-refractivity contribution in [3.8, 4) is 10.4 Å². The minimum absolute atomic E-state index is 0.0168. The number of hydrogen-bond acceptors (Lipinski definition) is 5.